The van der Waals surface area contributed by atoms with E-state index in [1.165, 1.54) is 5.56 Å². The van der Waals surface area contributed by atoms with E-state index in [2.05, 4.69) is 34.7 Å². The Balaban J connectivity index is 1.77. The van der Waals surface area contributed by atoms with E-state index in [0.29, 0.717) is 6.61 Å². The van der Waals surface area contributed by atoms with Crippen molar-refractivity contribution >= 4 is 22.2 Å². The minimum atomic E-state index is 0.681. The lowest BCUT2D eigenvalue weighted by molar-refractivity contribution is 0.340. The smallest absolute Gasteiger partial charge is 0.187 e. The number of hydrogen-bond donors (Lipinski definition) is 1. The molecule has 2 aromatic carbocycles. The maximum Gasteiger partial charge on any atom is 0.187 e. The highest BCUT2D eigenvalue weighted by Gasteiger charge is 2.06. The summed E-state index contributed by atoms with van der Waals surface area (Å²) in [5.74, 6) is 0.889. The van der Waals surface area contributed by atoms with Gasteiger partial charge in [0.2, 0.25) is 0 Å². The van der Waals surface area contributed by atoms with Gasteiger partial charge in [-0.1, -0.05) is 18.2 Å². The van der Waals surface area contributed by atoms with Crippen molar-refractivity contribution in [2.24, 2.45) is 0 Å². The van der Waals surface area contributed by atoms with E-state index in [1.807, 2.05) is 43.3 Å². The molecule has 4 heteroatoms. The summed E-state index contributed by atoms with van der Waals surface area (Å²) in [6, 6.07) is 16.2. The quantitative estimate of drug-likeness (QED) is 0.698. The number of thiazole rings is 1. The molecule has 1 heterocycles. The fraction of sp³-hybridized carbons (Fsp3) is 0.167. The molecule has 1 aromatic heterocycles. The highest BCUT2D eigenvalue weighted by molar-refractivity contribution is 7.14. The van der Waals surface area contributed by atoms with Crippen LogP contribution in [0.2, 0.25) is 0 Å². The number of para-hydroxylation sites is 1. The average molecular weight is 310 g/mol. The predicted molar refractivity (Wildman–Crippen MR) is 93.2 cm³/mol. The number of hydrogen-bond acceptors (Lipinski definition) is 4. The SMILES string of the molecule is CCOc1ccc(-c2csc(Nc3ccccc3C)n2)cc1. The molecule has 3 rings (SSSR count). The Morgan fingerprint density at radius 1 is 1.09 bits per heavy atom. The molecule has 1 N–H and O–H groups in total. The Labute approximate surface area is 134 Å². The summed E-state index contributed by atoms with van der Waals surface area (Å²) in [6.45, 7) is 4.75. The number of aromatic nitrogens is 1. The van der Waals surface area contributed by atoms with E-state index in [4.69, 9.17) is 4.74 Å². The van der Waals surface area contributed by atoms with Gasteiger partial charge >= 0.3 is 0 Å². The van der Waals surface area contributed by atoms with Gasteiger partial charge in [-0.15, -0.1) is 11.3 Å². The van der Waals surface area contributed by atoms with Crippen molar-refractivity contribution in [3.63, 3.8) is 0 Å². The van der Waals surface area contributed by atoms with Gasteiger partial charge in [-0.05, 0) is 49.7 Å². The van der Waals surface area contributed by atoms with E-state index >= 15 is 0 Å². The van der Waals surface area contributed by atoms with E-state index in [-0.39, 0.29) is 0 Å². The second-order valence-electron chi connectivity index (χ2n) is 4.94. The van der Waals surface area contributed by atoms with Crippen molar-refractivity contribution in [3.8, 4) is 17.0 Å². The average Bonchev–Trinajstić information content (AvgIpc) is 2.99. The lowest BCUT2D eigenvalue weighted by Crippen LogP contribution is -1.92. The van der Waals surface area contributed by atoms with Crippen molar-refractivity contribution in [3.05, 3.63) is 59.5 Å². The van der Waals surface area contributed by atoms with Crippen LogP contribution in [-0.2, 0) is 0 Å². The molecule has 0 aliphatic carbocycles. The zero-order valence-electron chi connectivity index (χ0n) is 12.7. The summed E-state index contributed by atoms with van der Waals surface area (Å²) >= 11 is 1.61. The van der Waals surface area contributed by atoms with Crippen molar-refractivity contribution in [2.45, 2.75) is 13.8 Å². The molecule has 0 atom stereocenters. The fourth-order valence-corrected chi connectivity index (χ4v) is 2.91. The minimum Gasteiger partial charge on any atom is -0.494 e. The van der Waals surface area contributed by atoms with Gasteiger partial charge < -0.3 is 10.1 Å². The monoisotopic (exact) mass is 310 g/mol. The molecule has 0 aliphatic rings. The van der Waals surface area contributed by atoms with Crippen LogP contribution in [0.3, 0.4) is 0 Å². The number of nitrogens with one attached hydrogen (secondary N) is 1. The molecule has 3 nitrogen and oxygen atoms in total. The van der Waals surface area contributed by atoms with Gasteiger partial charge in [-0.3, -0.25) is 0 Å². The van der Waals surface area contributed by atoms with Crippen LogP contribution < -0.4 is 10.1 Å². The molecule has 0 saturated carbocycles. The lowest BCUT2D eigenvalue weighted by atomic mass is 10.2. The van der Waals surface area contributed by atoms with E-state index < -0.39 is 0 Å². The zero-order valence-corrected chi connectivity index (χ0v) is 13.5. The number of benzene rings is 2. The van der Waals surface area contributed by atoms with Crippen LogP contribution >= 0.6 is 11.3 Å². The van der Waals surface area contributed by atoms with Gasteiger partial charge in [0.1, 0.15) is 5.75 Å². The molecule has 0 radical (unpaired) electrons. The minimum absolute atomic E-state index is 0.681. The third-order valence-corrected chi connectivity index (χ3v) is 4.11. The Hall–Kier alpha value is -2.33. The maximum absolute atomic E-state index is 5.46. The molecule has 0 aliphatic heterocycles. The first-order chi connectivity index (χ1) is 10.8. The number of aryl methyl sites for hydroxylation is 1. The van der Waals surface area contributed by atoms with Crippen LogP contribution in [0, 0.1) is 6.92 Å². The summed E-state index contributed by atoms with van der Waals surface area (Å²) in [6.07, 6.45) is 0. The van der Waals surface area contributed by atoms with Crippen molar-refractivity contribution in [1.82, 2.24) is 4.98 Å². The largest absolute Gasteiger partial charge is 0.494 e. The van der Waals surface area contributed by atoms with Gasteiger partial charge in [0.05, 0.1) is 12.3 Å². The fourth-order valence-electron chi connectivity index (χ4n) is 2.18. The Morgan fingerprint density at radius 2 is 1.86 bits per heavy atom. The number of anilines is 2. The van der Waals surface area contributed by atoms with Crippen LogP contribution in [0.5, 0.6) is 5.75 Å². The first-order valence-corrected chi connectivity index (χ1v) is 8.15. The standard InChI is InChI=1S/C18H18N2OS/c1-3-21-15-10-8-14(9-11-15)17-12-22-18(20-17)19-16-7-5-4-6-13(16)2/h4-12H,3H2,1-2H3,(H,19,20). The van der Waals surface area contributed by atoms with Crippen LogP contribution in [0.15, 0.2) is 53.9 Å². The highest BCUT2D eigenvalue weighted by Crippen LogP contribution is 2.29. The lowest BCUT2D eigenvalue weighted by Gasteiger charge is -2.05. The number of nitrogens with zero attached hydrogens (tertiary/aromatic N) is 1. The van der Waals surface area contributed by atoms with Gasteiger partial charge in [-0.2, -0.15) is 0 Å². The highest BCUT2D eigenvalue weighted by atomic mass is 32.1. The summed E-state index contributed by atoms with van der Waals surface area (Å²) in [5.41, 5.74) is 4.37. The van der Waals surface area contributed by atoms with Gasteiger partial charge in [0.25, 0.3) is 0 Å². The first kappa shape index (κ1) is 14.6. The molecule has 0 bridgehead atoms. The summed E-state index contributed by atoms with van der Waals surface area (Å²) in [4.78, 5) is 4.66. The van der Waals surface area contributed by atoms with Crippen LogP contribution in [-0.4, -0.2) is 11.6 Å². The second kappa shape index (κ2) is 6.62. The first-order valence-electron chi connectivity index (χ1n) is 7.27. The number of rotatable bonds is 5. The van der Waals surface area contributed by atoms with Crippen molar-refractivity contribution in [1.29, 1.82) is 0 Å². The molecule has 0 spiro atoms. The van der Waals surface area contributed by atoms with Crippen LogP contribution in [0.1, 0.15) is 12.5 Å². The molecule has 22 heavy (non-hydrogen) atoms. The Kier molecular flexibility index (Phi) is 4.39. The van der Waals surface area contributed by atoms with Crippen molar-refractivity contribution < 1.29 is 4.74 Å². The van der Waals surface area contributed by atoms with Crippen molar-refractivity contribution in [2.75, 3.05) is 11.9 Å². The second-order valence-corrected chi connectivity index (χ2v) is 5.79. The van der Waals surface area contributed by atoms with Crippen LogP contribution in [0.25, 0.3) is 11.3 Å². The molecular weight excluding hydrogens is 292 g/mol. The van der Waals surface area contributed by atoms with E-state index in [1.54, 1.807) is 11.3 Å². The maximum atomic E-state index is 5.46. The van der Waals surface area contributed by atoms with E-state index in [0.717, 1.165) is 27.8 Å². The molecule has 112 valence electrons. The summed E-state index contributed by atoms with van der Waals surface area (Å²) in [7, 11) is 0. The van der Waals surface area contributed by atoms with Crippen LogP contribution in [0.4, 0.5) is 10.8 Å². The normalized spacial score (nSPS) is 10.5. The predicted octanol–water partition coefficient (Wildman–Crippen LogP) is 5.26. The molecule has 0 amide bonds. The van der Waals surface area contributed by atoms with Gasteiger partial charge in [0, 0.05) is 16.6 Å². The molecule has 0 unspecified atom stereocenters. The van der Waals surface area contributed by atoms with Gasteiger partial charge in [0.15, 0.2) is 5.13 Å². The Morgan fingerprint density at radius 3 is 2.59 bits per heavy atom. The summed E-state index contributed by atoms with van der Waals surface area (Å²) in [5, 5.41) is 6.34. The summed E-state index contributed by atoms with van der Waals surface area (Å²) < 4.78 is 5.46. The number of ether oxygens (including phenoxy) is 1. The van der Waals surface area contributed by atoms with E-state index in [9.17, 15) is 0 Å². The third kappa shape index (κ3) is 3.28. The molecule has 0 fully saturated rings. The Bertz CT molecular complexity index is 750. The molecular formula is C18H18N2OS. The van der Waals surface area contributed by atoms with Gasteiger partial charge in [-0.25, -0.2) is 4.98 Å². The zero-order chi connectivity index (χ0) is 15.4. The third-order valence-electron chi connectivity index (χ3n) is 3.35. The molecule has 0 saturated heterocycles. The topological polar surface area (TPSA) is 34.1 Å². The molecule has 3 aromatic rings.